The molecule has 18 heavy (non-hydrogen) atoms. The summed E-state index contributed by atoms with van der Waals surface area (Å²) in [5, 5.41) is 1.06. The zero-order valence-electron chi connectivity index (χ0n) is 10.2. The number of hydrogen-bond donors (Lipinski definition) is 0. The van der Waals surface area contributed by atoms with Crippen molar-refractivity contribution in [2.45, 2.75) is 6.29 Å². The van der Waals surface area contributed by atoms with Gasteiger partial charge >= 0.3 is 0 Å². The summed E-state index contributed by atoms with van der Waals surface area (Å²) >= 11 is 3.47. The molecule has 0 aliphatic heterocycles. The Bertz CT molecular complexity index is 529. The summed E-state index contributed by atoms with van der Waals surface area (Å²) < 4.78 is 16.6. The van der Waals surface area contributed by atoms with Crippen LogP contribution in [0, 0.1) is 0 Å². The zero-order valence-corrected chi connectivity index (χ0v) is 11.8. The lowest BCUT2D eigenvalue weighted by molar-refractivity contribution is -0.122. The predicted molar refractivity (Wildman–Crippen MR) is 72.7 cm³/mol. The van der Waals surface area contributed by atoms with Crippen LogP contribution >= 0.6 is 15.9 Å². The fourth-order valence-corrected chi connectivity index (χ4v) is 2.03. The van der Waals surface area contributed by atoms with E-state index >= 15 is 0 Å². The molecule has 1 heterocycles. The first-order valence-corrected chi connectivity index (χ1v) is 6.27. The van der Waals surface area contributed by atoms with E-state index in [1.165, 1.54) is 0 Å². The first kappa shape index (κ1) is 13.3. The van der Waals surface area contributed by atoms with E-state index in [1.54, 1.807) is 14.2 Å². The Kier molecular flexibility index (Phi) is 4.52. The van der Waals surface area contributed by atoms with Gasteiger partial charge in [-0.3, -0.25) is 0 Å². The third kappa shape index (κ3) is 2.98. The fraction of sp³-hybridized carbons (Fsp3) is 0.308. The SMILES string of the molecule is COC(COc1ccc2cccc(Br)c2n1)OC. The van der Waals surface area contributed by atoms with Crippen molar-refractivity contribution in [3.05, 3.63) is 34.8 Å². The van der Waals surface area contributed by atoms with Gasteiger partial charge in [0.25, 0.3) is 0 Å². The van der Waals surface area contributed by atoms with Crippen LogP contribution in [-0.2, 0) is 9.47 Å². The van der Waals surface area contributed by atoms with Gasteiger partial charge in [-0.2, -0.15) is 0 Å². The molecule has 0 fully saturated rings. The van der Waals surface area contributed by atoms with Crippen molar-refractivity contribution in [1.82, 2.24) is 4.98 Å². The number of aromatic nitrogens is 1. The first-order chi connectivity index (χ1) is 8.74. The standard InChI is InChI=1S/C13H14BrNO3/c1-16-12(17-2)8-18-11-7-6-9-4-3-5-10(14)13(9)15-11/h3-7,12H,8H2,1-2H3. The molecule has 0 amide bonds. The van der Waals surface area contributed by atoms with Crippen LogP contribution in [0.15, 0.2) is 34.8 Å². The number of nitrogens with zero attached hydrogens (tertiary/aromatic N) is 1. The van der Waals surface area contributed by atoms with Crippen molar-refractivity contribution < 1.29 is 14.2 Å². The lowest BCUT2D eigenvalue weighted by Crippen LogP contribution is -2.22. The lowest BCUT2D eigenvalue weighted by Gasteiger charge is -2.14. The van der Waals surface area contributed by atoms with Gasteiger partial charge in [0.15, 0.2) is 6.29 Å². The van der Waals surface area contributed by atoms with Gasteiger partial charge in [-0.1, -0.05) is 12.1 Å². The molecule has 1 aromatic carbocycles. The first-order valence-electron chi connectivity index (χ1n) is 5.48. The monoisotopic (exact) mass is 311 g/mol. The van der Waals surface area contributed by atoms with E-state index < -0.39 is 0 Å². The Labute approximate surface area is 114 Å². The maximum absolute atomic E-state index is 5.53. The van der Waals surface area contributed by atoms with Crippen LogP contribution < -0.4 is 4.74 Å². The largest absolute Gasteiger partial charge is 0.472 e. The molecule has 0 spiro atoms. The number of halogens is 1. The highest BCUT2D eigenvalue weighted by molar-refractivity contribution is 9.10. The van der Waals surface area contributed by atoms with Gasteiger partial charge in [0.1, 0.15) is 6.61 Å². The lowest BCUT2D eigenvalue weighted by atomic mass is 10.2. The minimum atomic E-state index is -0.387. The molecular weight excluding hydrogens is 298 g/mol. The van der Waals surface area contributed by atoms with Crippen molar-refractivity contribution >= 4 is 26.8 Å². The van der Waals surface area contributed by atoms with Crippen LogP contribution in [0.3, 0.4) is 0 Å². The van der Waals surface area contributed by atoms with Crippen LogP contribution in [0.5, 0.6) is 5.88 Å². The van der Waals surface area contributed by atoms with E-state index in [0.29, 0.717) is 12.5 Å². The Balaban J connectivity index is 2.17. The second-order valence-corrected chi connectivity index (χ2v) is 4.53. The molecule has 4 nitrogen and oxygen atoms in total. The molecule has 0 aliphatic carbocycles. The molecule has 0 N–H and O–H groups in total. The normalized spacial score (nSPS) is 11.1. The summed E-state index contributed by atoms with van der Waals surface area (Å²) in [7, 11) is 3.14. The van der Waals surface area contributed by atoms with Crippen molar-refractivity contribution in [1.29, 1.82) is 0 Å². The van der Waals surface area contributed by atoms with E-state index in [0.717, 1.165) is 15.4 Å². The average molecular weight is 312 g/mol. The molecule has 0 unspecified atom stereocenters. The van der Waals surface area contributed by atoms with Gasteiger partial charge in [0.05, 0.1) is 5.52 Å². The molecule has 0 saturated heterocycles. The molecular formula is C13H14BrNO3. The molecule has 0 radical (unpaired) electrons. The van der Waals surface area contributed by atoms with E-state index in [4.69, 9.17) is 14.2 Å². The van der Waals surface area contributed by atoms with Gasteiger partial charge in [0.2, 0.25) is 5.88 Å². The molecule has 96 valence electrons. The van der Waals surface area contributed by atoms with Gasteiger partial charge in [-0.25, -0.2) is 4.98 Å². The Morgan fingerprint density at radius 3 is 2.67 bits per heavy atom. The maximum atomic E-state index is 5.53. The number of methoxy groups -OCH3 is 2. The Morgan fingerprint density at radius 2 is 1.94 bits per heavy atom. The molecule has 0 atom stereocenters. The van der Waals surface area contributed by atoms with Crippen LogP contribution in [0.2, 0.25) is 0 Å². The topological polar surface area (TPSA) is 40.6 Å². The predicted octanol–water partition coefficient (Wildman–Crippen LogP) is 3.00. The van der Waals surface area contributed by atoms with E-state index in [-0.39, 0.29) is 6.29 Å². The highest BCUT2D eigenvalue weighted by Crippen LogP contribution is 2.24. The Morgan fingerprint density at radius 1 is 1.17 bits per heavy atom. The summed E-state index contributed by atoms with van der Waals surface area (Å²) in [6, 6.07) is 9.73. The highest BCUT2D eigenvalue weighted by atomic mass is 79.9. The molecule has 2 rings (SSSR count). The molecule has 1 aromatic heterocycles. The highest BCUT2D eigenvalue weighted by Gasteiger charge is 2.07. The van der Waals surface area contributed by atoms with E-state index in [2.05, 4.69) is 20.9 Å². The van der Waals surface area contributed by atoms with Gasteiger partial charge < -0.3 is 14.2 Å². The summed E-state index contributed by atoms with van der Waals surface area (Å²) in [4.78, 5) is 4.44. The van der Waals surface area contributed by atoms with Crippen molar-refractivity contribution in [2.24, 2.45) is 0 Å². The molecule has 0 saturated carbocycles. The summed E-state index contributed by atoms with van der Waals surface area (Å²) in [6.45, 7) is 0.302. The molecule has 0 bridgehead atoms. The van der Waals surface area contributed by atoms with Crippen LogP contribution in [-0.4, -0.2) is 32.1 Å². The number of benzene rings is 1. The number of para-hydroxylation sites is 1. The number of hydrogen-bond acceptors (Lipinski definition) is 4. The third-order valence-electron chi connectivity index (χ3n) is 2.54. The summed E-state index contributed by atoms with van der Waals surface area (Å²) in [5.74, 6) is 0.550. The van der Waals surface area contributed by atoms with Crippen molar-refractivity contribution in [3.8, 4) is 5.88 Å². The van der Waals surface area contributed by atoms with Gasteiger partial charge in [-0.15, -0.1) is 0 Å². The van der Waals surface area contributed by atoms with Crippen LogP contribution in [0.4, 0.5) is 0 Å². The second-order valence-electron chi connectivity index (χ2n) is 3.67. The summed E-state index contributed by atoms with van der Waals surface area (Å²) in [5.41, 5.74) is 0.876. The fourth-order valence-electron chi connectivity index (χ4n) is 1.56. The number of fused-ring (bicyclic) bond motifs is 1. The van der Waals surface area contributed by atoms with Gasteiger partial charge in [0, 0.05) is 30.1 Å². The molecule has 0 aliphatic rings. The average Bonchev–Trinajstić information content (AvgIpc) is 2.41. The number of rotatable bonds is 5. The molecule has 2 aromatic rings. The van der Waals surface area contributed by atoms with E-state index in [9.17, 15) is 0 Å². The summed E-state index contributed by atoms with van der Waals surface area (Å²) in [6.07, 6.45) is -0.387. The minimum Gasteiger partial charge on any atom is -0.472 e. The van der Waals surface area contributed by atoms with Gasteiger partial charge in [-0.05, 0) is 28.1 Å². The maximum Gasteiger partial charge on any atom is 0.214 e. The van der Waals surface area contributed by atoms with Crippen LogP contribution in [0.25, 0.3) is 10.9 Å². The number of ether oxygens (including phenoxy) is 3. The number of pyridine rings is 1. The Hall–Kier alpha value is -1.17. The quantitative estimate of drug-likeness (QED) is 0.796. The minimum absolute atomic E-state index is 0.302. The third-order valence-corrected chi connectivity index (χ3v) is 3.18. The molecule has 5 heteroatoms. The van der Waals surface area contributed by atoms with Crippen molar-refractivity contribution in [2.75, 3.05) is 20.8 Å². The van der Waals surface area contributed by atoms with Crippen molar-refractivity contribution in [3.63, 3.8) is 0 Å². The van der Waals surface area contributed by atoms with E-state index in [1.807, 2.05) is 30.3 Å². The second kappa shape index (κ2) is 6.13. The van der Waals surface area contributed by atoms with Crippen LogP contribution in [0.1, 0.15) is 0 Å². The zero-order chi connectivity index (χ0) is 13.0. The smallest absolute Gasteiger partial charge is 0.214 e.